The minimum absolute atomic E-state index is 0.0149. The number of alkyl carbamates (subject to hydrolysis) is 1. The predicted octanol–water partition coefficient (Wildman–Crippen LogP) is 3.67. The van der Waals surface area contributed by atoms with E-state index in [2.05, 4.69) is 34.9 Å². The summed E-state index contributed by atoms with van der Waals surface area (Å²) >= 11 is 0. The number of carboxylic acid groups (broad SMARTS) is 1. The average molecular weight is 437 g/mol. The second kappa shape index (κ2) is 9.85. The third-order valence-corrected chi connectivity index (χ3v) is 6.34. The summed E-state index contributed by atoms with van der Waals surface area (Å²) in [6.45, 7) is 0.617. The number of carbonyl (C=O) groups excluding carboxylic acids is 2. The zero-order chi connectivity index (χ0) is 22.5. The molecule has 0 spiro atoms. The van der Waals surface area contributed by atoms with E-state index >= 15 is 0 Å². The molecular weight excluding hydrogens is 408 g/mol. The van der Waals surface area contributed by atoms with Gasteiger partial charge in [0.15, 0.2) is 0 Å². The van der Waals surface area contributed by atoms with Crippen LogP contribution in [0.3, 0.4) is 0 Å². The first-order chi connectivity index (χ1) is 15.5. The van der Waals surface area contributed by atoms with Crippen LogP contribution in [0.5, 0.6) is 0 Å². The summed E-state index contributed by atoms with van der Waals surface area (Å²) in [4.78, 5) is 35.2. The normalized spacial score (nSPS) is 19.1. The molecule has 2 amide bonds. The number of hydrogen-bond donors (Lipinski definition) is 3. The Hall–Kier alpha value is -3.35. The van der Waals surface area contributed by atoms with Crippen LogP contribution in [0.2, 0.25) is 0 Å². The molecule has 0 heterocycles. The van der Waals surface area contributed by atoms with Crippen LogP contribution in [0.1, 0.15) is 49.1 Å². The molecule has 2 unspecified atom stereocenters. The van der Waals surface area contributed by atoms with Crippen LogP contribution >= 0.6 is 0 Å². The number of benzene rings is 2. The molecule has 0 aromatic heterocycles. The van der Waals surface area contributed by atoms with E-state index in [-0.39, 0.29) is 36.8 Å². The van der Waals surface area contributed by atoms with E-state index < -0.39 is 12.1 Å². The summed E-state index contributed by atoms with van der Waals surface area (Å²) in [5, 5.41) is 14.3. The first-order valence-corrected chi connectivity index (χ1v) is 11.1. The largest absolute Gasteiger partial charge is 0.481 e. The van der Waals surface area contributed by atoms with Gasteiger partial charge in [0.1, 0.15) is 6.61 Å². The van der Waals surface area contributed by atoms with Gasteiger partial charge >= 0.3 is 12.1 Å². The maximum absolute atomic E-state index is 12.4. The molecule has 0 aliphatic heterocycles. The second-order valence-corrected chi connectivity index (χ2v) is 8.47. The summed E-state index contributed by atoms with van der Waals surface area (Å²) in [7, 11) is 0. The highest BCUT2D eigenvalue weighted by atomic mass is 16.5. The highest BCUT2D eigenvalue weighted by molar-refractivity contribution is 5.80. The second-order valence-electron chi connectivity index (χ2n) is 8.47. The van der Waals surface area contributed by atoms with Crippen molar-refractivity contribution in [2.45, 2.75) is 44.1 Å². The van der Waals surface area contributed by atoms with E-state index in [1.54, 1.807) is 0 Å². The van der Waals surface area contributed by atoms with Gasteiger partial charge in [-0.2, -0.15) is 0 Å². The minimum Gasteiger partial charge on any atom is -0.481 e. The molecule has 2 atom stereocenters. The molecule has 4 rings (SSSR count). The van der Waals surface area contributed by atoms with Gasteiger partial charge < -0.3 is 20.5 Å². The molecule has 2 aliphatic rings. The molecule has 7 heteroatoms. The molecule has 0 bridgehead atoms. The van der Waals surface area contributed by atoms with E-state index in [4.69, 9.17) is 9.84 Å². The van der Waals surface area contributed by atoms with Gasteiger partial charge in [-0.1, -0.05) is 48.5 Å². The van der Waals surface area contributed by atoms with Gasteiger partial charge in [0.25, 0.3) is 0 Å². The Bertz CT molecular complexity index is 960. The molecule has 32 heavy (non-hydrogen) atoms. The molecule has 2 aliphatic carbocycles. The zero-order valence-corrected chi connectivity index (χ0v) is 17.9. The van der Waals surface area contributed by atoms with E-state index in [0.717, 1.165) is 6.42 Å². The summed E-state index contributed by atoms with van der Waals surface area (Å²) < 4.78 is 5.59. The number of aliphatic carboxylic acids is 1. The molecular formula is C25H28N2O5. The lowest BCUT2D eigenvalue weighted by Gasteiger charge is -2.17. The van der Waals surface area contributed by atoms with E-state index in [1.165, 1.54) is 22.3 Å². The lowest BCUT2D eigenvalue weighted by atomic mass is 9.98. The molecule has 168 valence electrons. The number of hydrogen-bond acceptors (Lipinski definition) is 4. The van der Waals surface area contributed by atoms with Crippen LogP contribution in [-0.2, 0) is 14.3 Å². The van der Waals surface area contributed by atoms with Gasteiger partial charge in [-0.3, -0.25) is 9.59 Å². The summed E-state index contributed by atoms with van der Waals surface area (Å²) in [5.41, 5.74) is 4.71. The molecule has 1 saturated carbocycles. The number of ether oxygens (including phenoxy) is 1. The van der Waals surface area contributed by atoms with E-state index in [1.807, 2.05) is 24.3 Å². The van der Waals surface area contributed by atoms with Gasteiger partial charge in [0, 0.05) is 30.8 Å². The number of carboxylic acids is 1. The van der Waals surface area contributed by atoms with Gasteiger partial charge in [0.05, 0.1) is 0 Å². The number of nitrogens with one attached hydrogen (secondary N) is 2. The first-order valence-electron chi connectivity index (χ1n) is 11.1. The molecule has 0 saturated heterocycles. The van der Waals surface area contributed by atoms with Gasteiger partial charge in [-0.05, 0) is 47.9 Å². The molecule has 7 nitrogen and oxygen atoms in total. The Kier molecular flexibility index (Phi) is 6.73. The third kappa shape index (κ3) is 4.93. The average Bonchev–Trinajstić information content (AvgIpc) is 3.38. The summed E-state index contributed by atoms with van der Waals surface area (Å²) in [5.74, 6) is -1.10. The Morgan fingerprint density at radius 1 is 0.969 bits per heavy atom. The zero-order valence-electron chi connectivity index (χ0n) is 17.9. The third-order valence-electron chi connectivity index (χ3n) is 6.34. The lowest BCUT2D eigenvalue weighted by molar-refractivity contribution is -0.137. The SMILES string of the molecule is O=C(O)CCCNC(=O)C1CCC(NC(=O)OCC2c3ccccc3-c3ccccc32)C1. The van der Waals surface area contributed by atoms with Crippen molar-refractivity contribution in [3.8, 4) is 11.1 Å². The van der Waals surface area contributed by atoms with Gasteiger partial charge in [-0.25, -0.2) is 4.79 Å². The molecule has 1 fully saturated rings. The Morgan fingerprint density at radius 3 is 2.28 bits per heavy atom. The van der Waals surface area contributed by atoms with Crippen LogP contribution < -0.4 is 10.6 Å². The van der Waals surface area contributed by atoms with Crippen LogP contribution in [0.4, 0.5) is 4.79 Å². The van der Waals surface area contributed by atoms with Crippen molar-refractivity contribution in [3.05, 3.63) is 59.7 Å². The summed E-state index contributed by atoms with van der Waals surface area (Å²) in [6, 6.07) is 16.3. The fourth-order valence-electron chi connectivity index (χ4n) is 4.75. The van der Waals surface area contributed by atoms with Crippen molar-refractivity contribution in [3.63, 3.8) is 0 Å². The first kappa shape index (κ1) is 21.9. The number of carbonyl (C=O) groups is 3. The van der Waals surface area contributed by atoms with Crippen molar-refractivity contribution in [2.24, 2.45) is 5.92 Å². The highest BCUT2D eigenvalue weighted by Crippen LogP contribution is 2.44. The maximum atomic E-state index is 12.4. The Labute approximate surface area is 187 Å². The van der Waals surface area contributed by atoms with Crippen LogP contribution in [0.25, 0.3) is 11.1 Å². The van der Waals surface area contributed by atoms with Crippen molar-refractivity contribution < 1.29 is 24.2 Å². The van der Waals surface area contributed by atoms with Gasteiger partial charge in [0.2, 0.25) is 5.91 Å². The Morgan fingerprint density at radius 2 is 1.62 bits per heavy atom. The van der Waals surface area contributed by atoms with Crippen LogP contribution in [-0.4, -0.2) is 42.3 Å². The predicted molar refractivity (Wildman–Crippen MR) is 119 cm³/mol. The maximum Gasteiger partial charge on any atom is 0.407 e. The molecule has 3 N–H and O–H groups in total. The minimum atomic E-state index is -0.868. The number of rotatable bonds is 8. The smallest absolute Gasteiger partial charge is 0.407 e. The fraction of sp³-hybridized carbons (Fsp3) is 0.400. The van der Waals surface area contributed by atoms with Gasteiger partial charge in [-0.15, -0.1) is 0 Å². The van der Waals surface area contributed by atoms with E-state index in [0.29, 0.717) is 25.8 Å². The highest BCUT2D eigenvalue weighted by Gasteiger charge is 2.32. The molecule has 2 aromatic carbocycles. The number of amides is 2. The topological polar surface area (TPSA) is 105 Å². The van der Waals surface area contributed by atoms with Crippen molar-refractivity contribution in [2.75, 3.05) is 13.2 Å². The number of fused-ring (bicyclic) bond motifs is 3. The van der Waals surface area contributed by atoms with E-state index in [9.17, 15) is 14.4 Å². The van der Waals surface area contributed by atoms with Crippen molar-refractivity contribution in [1.29, 1.82) is 0 Å². The molecule has 2 aromatic rings. The van der Waals surface area contributed by atoms with Crippen LogP contribution in [0.15, 0.2) is 48.5 Å². The van der Waals surface area contributed by atoms with Crippen LogP contribution in [0, 0.1) is 5.92 Å². The fourth-order valence-corrected chi connectivity index (χ4v) is 4.75. The quantitative estimate of drug-likeness (QED) is 0.548. The monoisotopic (exact) mass is 436 g/mol. The van der Waals surface area contributed by atoms with Crippen molar-refractivity contribution >= 4 is 18.0 Å². The molecule has 0 radical (unpaired) electrons. The van der Waals surface area contributed by atoms with Crippen molar-refractivity contribution in [1.82, 2.24) is 10.6 Å². The summed E-state index contributed by atoms with van der Waals surface area (Å²) in [6.07, 6.45) is 1.97. The standard InChI is InChI=1S/C25H28N2O5/c28-23(29)10-5-13-26-24(30)16-11-12-17(14-16)27-25(31)32-15-22-20-8-3-1-6-18(20)19-7-2-4-9-21(19)22/h1-4,6-9,16-17,22H,5,10-15H2,(H,26,30)(H,27,31)(H,28,29). The lowest BCUT2D eigenvalue weighted by Crippen LogP contribution is -2.36. The Balaban J connectivity index is 1.25.